The van der Waals surface area contributed by atoms with Crippen LogP contribution in [-0.4, -0.2) is 40.4 Å². The highest BCUT2D eigenvalue weighted by molar-refractivity contribution is 5.76. The van der Waals surface area contributed by atoms with Gasteiger partial charge in [0.05, 0.1) is 5.69 Å². The number of aromatic amines is 1. The number of benzene rings is 1. The molecule has 0 atom stereocenters. The summed E-state index contributed by atoms with van der Waals surface area (Å²) in [4.78, 5) is 9.52. The number of hydrogen-bond donors (Lipinski definition) is 1. The summed E-state index contributed by atoms with van der Waals surface area (Å²) in [6.07, 6.45) is 12.8. The monoisotopic (exact) mass is 456 g/mol. The minimum absolute atomic E-state index is 0.542. The first-order valence-corrected chi connectivity index (χ1v) is 12.5. The summed E-state index contributed by atoms with van der Waals surface area (Å²) in [6, 6.07) is 12.4. The normalized spacial score (nSPS) is 14.5. The molecule has 1 aliphatic carbocycles. The fraction of sp³-hybridized carbons (Fsp3) is 0.462. The van der Waals surface area contributed by atoms with Crippen LogP contribution in [0.4, 0.5) is 0 Å². The third-order valence-electron chi connectivity index (χ3n) is 6.71. The average Bonchev–Trinajstić information content (AvgIpc) is 3.55. The second-order valence-electron chi connectivity index (χ2n) is 9.22. The maximum atomic E-state index is 4.95. The number of hydrogen-bond acceptors (Lipinski definition) is 6. The molecule has 0 unspecified atom stereocenters. The number of rotatable bonds is 9. The highest BCUT2D eigenvalue weighted by atomic mass is 15.5. The van der Waals surface area contributed by atoms with Crippen molar-refractivity contribution in [3.05, 3.63) is 59.8 Å². The van der Waals surface area contributed by atoms with E-state index in [2.05, 4.69) is 61.5 Å². The van der Waals surface area contributed by atoms with Crippen LogP contribution in [0.25, 0.3) is 22.6 Å². The van der Waals surface area contributed by atoms with Crippen molar-refractivity contribution in [3.63, 3.8) is 0 Å². The predicted octanol–water partition coefficient (Wildman–Crippen LogP) is 5.03. The molecule has 0 bridgehead atoms. The molecule has 1 aliphatic rings. The van der Waals surface area contributed by atoms with Crippen molar-refractivity contribution in [2.45, 2.75) is 71.3 Å². The van der Waals surface area contributed by atoms with E-state index in [4.69, 9.17) is 10.1 Å². The SMILES string of the molecule is CCCn1nc(CCC2CCCCC2)nc1Cc1ccc(-c2ncccc2-c2nn[nH]n2)cc1. The van der Waals surface area contributed by atoms with Gasteiger partial charge in [0.2, 0.25) is 5.82 Å². The lowest BCUT2D eigenvalue weighted by atomic mass is 9.86. The van der Waals surface area contributed by atoms with Crippen LogP contribution in [-0.2, 0) is 19.4 Å². The van der Waals surface area contributed by atoms with Gasteiger partial charge in [0, 0.05) is 36.7 Å². The van der Waals surface area contributed by atoms with Gasteiger partial charge >= 0.3 is 0 Å². The average molecular weight is 457 g/mol. The number of nitrogens with one attached hydrogen (secondary N) is 1. The Balaban J connectivity index is 1.30. The molecule has 1 N–H and O–H groups in total. The van der Waals surface area contributed by atoms with Gasteiger partial charge < -0.3 is 0 Å². The van der Waals surface area contributed by atoms with E-state index in [0.717, 1.165) is 60.2 Å². The van der Waals surface area contributed by atoms with Crippen molar-refractivity contribution in [2.75, 3.05) is 0 Å². The highest BCUT2D eigenvalue weighted by Gasteiger charge is 2.17. The van der Waals surface area contributed by atoms with Gasteiger partial charge in [-0.15, -0.1) is 10.2 Å². The van der Waals surface area contributed by atoms with Gasteiger partial charge in [0.1, 0.15) is 5.82 Å². The van der Waals surface area contributed by atoms with Crippen LogP contribution in [0.3, 0.4) is 0 Å². The summed E-state index contributed by atoms with van der Waals surface area (Å²) >= 11 is 0. The van der Waals surface area contributed by atoms with Crippen LogP contribution in [0.1, 0.15) is 69.1 Å². The molecular formula is C26H32N8. The topological polar surface area (TPSA) is 98.1 Å². The lowest BCUT2D eigenvalue weighted by molar-refractivity contribution is 0.337. The van der Waals surface area contributed by atoms with Crippen LogP contribution >= 0.6 is 0 Å². The molecule has 176 valence electrons. The predicted molar refractivity (Wildman–Crippen MR) is 131 cm³/mol. The van der Waals surface area contributed by atoms with Crippen molar-refractivity contribution in [3.8, 4) is 22.6 Å². The molecule has 0 radical (unpaired) electrons. The summed E-state index contributed by atoms with van der Waals surface area (Å²) in [5.41, 5.74) is 3.93. The van der Waals surface area contributed by atoms with Crippen molar-refractivity contribution < 1.29 is 0 Å². The van der Waals surface area contributed by atoms with Gasteiger partial charge in [0.15, 0.2) is 5.82 Å². The van der Waals surface area contributed by atoms with E-state index in [1.807, 2.05) is 12.1 Å². The zero-order chi connectivity index (χ0) is 23.2. The lowest BCUT2D eigenvalue weighted by Gasteiger charge is -2.20. The van der Waals surface area contributed by atoms with E-state index in [-0.39, 0.29) is 0 Å². The fourth-order valence-electron chi connectivity index (χ4n) is 4.92. The minimum Gasteiger partial charge on any atom is -0.255 e. The third-order valence-corrected chi connectivity index (χ3v) is 6.71. The standard InChI is InChI=1S/C26H32N8/c1-2-17-34-24(28-23(31-34)15-12-19-7-4-3-5-8-19)18-20-10-13-21(14-11-20)25-22(9-6-16-27-25)26-29-32-33-30-26/h6,9-11,13-14,16,19H,2-5,7-8,12,15,17-18H2,1H3,(H,29,30,32,33). The number of aromatic nitrogens is 8. The van der Waals surface area contributed by atoms with E-state index in [9.17, 15) is 0 Å². The molecule has 0 saturated heterocycles. The largest absolute Gasteiger partial charge is 0.255 e. The summed E-state index contributed by atoms with van der Waals surface area (Å²) in [5, 5.41) is 19.3. The molecule has 8 heteroatoms. The van der Waals surface area contributed by atoms with Gasteiger partial charge in [-0.25, -0.2) is 9.67 Å². The van der Waals surface area contributed by atoms with Crippen molar-refractivity contribution >= 4 is 0 Å². The summed E-state index contributed by atoms with van der Waals surface area (Å²) in [7, 11) is 0. The first kappa shape index (κ1) is 22.4. The molecule has 0 spiro atoms. The highest BCUT2D eigenvalue weighted by Crippen LogP contribution is 2.29. The minimum atomic E-state index is 0.542. The van der Waals surface area contributed by atoms with Crippen LogP contribution < -0.4 is 0 Å². The molecule has 3 aromatic heterocycles. The Morgan fingerprint density at radius 2 is 1.91 bits per heavy atom. The van der Waals surface area contributed by atoms with Crippen molar-refractivity contribution in [2.24, 2.45) is 5.92 Å². The maximum Gasteiger partial charge on any atom is 0.206 e. The Morgan fingerprint density at radius 1 is 1.06 bits per heavy atom. The molecule has 0 amide bonds. The Morgan fingerprint density at radius 3 is 2.68 bits per heavy atom. The smallest absolute Gasteiger partial charge is 0.206 e. The number of pyridine rings is 1. The molecule has 1 aromatic carbocycles. The van der Waals surface area contributed by atoms with Crippen LogP contribution in [0.5, 0.6) is 0 Å². The summed E-state index contributed by atoms with van der Waals surface area (Å²) < 4.78 is 2.11. The van der Waals surface area contributed by atoms with Gasteiger partial charge in [0.25, 0.3) is 0 Å². The molecule has 1 fully saturated rings. The lowest BCUT2D eigenvalue weighted by Crippen LogP contribution is -2.08. The number of nitrogens with zero attached hydrogens (tertiary/aromatic N) is 7. The molecule has 3 heterocycles. The number of tetrazole rings is 1. The van der Waals surface area contributed by atoms with Gasteiger partial charge in [-0.3, -0.25) is 4.98 Å². The van der Waals surface area contributed by atoms with E-state index < -0.39 is 0 Å². The number of aryl methyl sites for hydroxylation is 2. The fourth-order valence-corrected chi connectivity index (χ4v) is 4.92. The summed E-state index contributed by atoms with van der Waals surface area (Å²) in [6.45, 7) is 3.10. The summed E-state index contributed by atoms with van der Waals surface area (Å²) in [5.74, 6) is 3.45. The second-order valence-corrected chi connectivity index (χ2v) is 9.22. The number of H-pyrrole nitrogens is 1. The Labute approximate surface area is 200 Å². The molecule has 34 heavy (non-hydrogen) atoms. The Kier molecular flexibility index (Phi) is 7.02. The molecule has 8 nitrogen and oxygen atoms in total. The van der Waals surface area contributed by atoms with Crippen LogP contribution in [0, 0.1) is 5.92 Å². The molecule has 1 saturated carbocycles. The van der Waals surface area contributed by atoms with E-state index >= 15 is 0 Å². The molecule has 0 aliphatic heterocycles. The van der Waals surface area contributed by atoms with Crippen molar-refractivity contribution in [1.29, 1.82) is 0 Å². The van der Waals surface area contributed by atoms with E-state index in [1.54, 1.807) is 6.20 Å². The van der Waals surface area contributed by atoms with Crippen LogP contribution in [0.15, 0.2) is 42.6 Å². The van der Waals surface area contributed by atoms with Crippen molar-refractivity contribution in [1.82, 2.24) is 40.4 Å². The van der Waals surface area contributed by atoms with Gasteiger partial charge in [-0.05, 0) is 41.7 Å². The Bertz CT molecular complexity index is 1170. The first-order chi connectivity index (χ1) is 16.8. The van der Waals surface area contributed by atoms with Crippen LogP contribution in [0.2, 0.25) is 0 Å². The molecule has 5 rings (SSSR count). The van der Waals surface area contributed by atoms with Gasteiger partial charge in [-0.1, -0.05) is 63.3 Å². The quantitative estimate of drug-likeness (QED) is 0.379. The van der Waals surface area contributed by atoms with E-state index in [1.165, 1.54) is 44.1 Å². The zero-order valence-corrected chi connectivity index (χ0v) is 19.8. The third kappa shape index (κ3) is 5.21. The first-order valence-electron chi connectivity index (χ1n) is 12.5. The molecular weight excluding hydrogens is 424 g/mol. The molecule has 4 aromatic rings. The van der Waals surface area contributed by atoms with E-state index in [0.29, 0.717) is 5.82 Å². The Hall–Kier alpha value is -3.42. The zero-order valence-electron chi connectivity index (χ0n) is 19.8. The maximum absolute atomic E-state index is 4.95. The van der Waals surface area contributed by atoms with Gasteiger partial charge in [-0.2, -0.15) is 10.3 Å². The second kappa shape index (κ2) is 10.7.